The molecule has 2 aliphatic rings. The van der Waals surface area contributed by atoms with Gasteiger partial charge in [0, 0.05) is 43.6 Å². The van der Waals surface area contributed by atoms with Crippen LogP contribution in [0, 0.1) is 5.82 Å². The van der Waals surface area contributed by atoms with Gasteiger partial charge in [-0.2, -0.15) is 0 Å². The SMILES string of the molecule is CS(=O)(=O)N(CCCC(=O)N(Cc1ccccc1F)[C@@H](Cc1ccccc1)C(=O)NC1CCCCC1)c1ccc2c(c1)OCO2. The molecule has 3 aromatic carbocycles. The maximum atomic E-state index is 14.9. The molecule has 11 heteroatoms. The fraction of sp³-hybridized carbons (Fsp3) is 0.412. The van der Waals surface area contributed by atoms with Crippen molar-refractivity contribution in [3.8, 4) is 11.5 Å². The van der Waals surface area contributed by atoms with Crippen LogP contribution in [0.1, 0.15) is 56.1 Å². The van der Waals surface area contributed by atoms with Crippen LogP contribution in [0.2, 0.25) is 0 Å². The minimum atomic E-state index is -3.70. The van der Waals surface area contributed by atoms with Crippen LogP contribution in [0.3, 0.4) is 0 Å². The Labute approximate surface area is 264 Å². The summed E-state index contributed by atoms with van der Waals surface area (Å²) in [6.07, 6.45) is 6.46. The number of nitrogens with one attached hydrogen (secondary N) is 1. The highest BCUT2D eigenvalue weighted by Crippen LogP contribution is 2.36. The number of benzene rings is 3. The second kappa shape index (κ2) is 14.8. The predicted octanol–water partition coefficient (Wildman–Crippen LogP) is 5.19. The van der Waals surface area contributed by atoms with Gasteiger partial charge >= 0.3 is 0 Å². The molecule has 0 saturated heterocycles. The Bertz CT molecular complexity index is 1580. The van der Waals surface area contributed by atoms with Crippen LogP contribution < -0.4 is 19.1 Å². The summed E-state index contributed by atoms with van der Waals surface area (Å²) in [5, 5.41) is 3.17. The summed E-state index contributed by atoms with van der Waals surface area (Å²) >= 11 is 0. The summed E-state index contributed by atoms with van der Waals surface area (Å²) in [7, 11) is -3.70. The lowest BCUT2D eigenvalue weighted by Crippen LogP contribution is -2.53. The van der Waals surface area contributed by atoms with E-state index in [1.54, 1.807) is 36.4 Å². The summed E-state index contributed by atoms with van der Waals surface area (Å²) < 4.78 is 52.5. The highest BCUT2D eigenvalue weighted by molar-refractivity contribution is 7.92. The van der Waals surface area contributed by atoms with E-state index in [0.717, 1.165) is 43.9 Å². The Morgan fingerprint density at radius 1 is 0.956 bits per heavy atom. The Kier molecular flexibility index (Phi) is 10.6. The van der Waals surface area contributed by atoms with E-state index in [2.05, 4.69) is 5.32 Å². The van der Waals surface area contributed by atoms with Gasteiger partial charge in [-0.1, -0.05) is 67.8 Å². The third kappa shape index (κ3) is 8.54. The fourth-order valence-corrected chi connectivity index (χ4v) is 6.91. The topological polar surface area (TPSA) is 105 Å². The molecule has 3 aromatic rings. The standard InChI is InChI=1S/C34H40FN3O6S/c1-45(41,42)38(28-18-19-31-32(22-28)44-24-43-31)20-10-17-33(39)37(23-26-13-8-9-16-29(26)35)30(21-25-11-4-2-5-12-25)34(40)36-27-14-6-3-7-15-27/h2,4-5,8-9,11-13,16,18-19,22,27,30H,3,6-7,10,14-15,17,20-21,23-24H2,1H3,(H,36,40)/t30-/m0/s1. The molecule has 1 fully saturated rings. The van der Waals surface area contributed by atoms with Crippen molar-refractivity contribution in [3.05, 3.63) is 89.7 Å². The van der Waals surface area contributed by atoms with E-state index in [1.165, 1.54) is 15.3 Å². The van der Waals surface area contributed by atoms with Gasteiger partial charge in [0.05, 0.1) is 11.9 Å². The fourth-order valence-electron chi connectivity index (χ4n) is 5.95. The molecular weight excluding hydrogens is 597 g/mol. The van der Waals surface area contributed by atoms with Crippen molar-refractivity contribution in [1.29, 1.82) is 0 Å². The number of rotatable bonds is 13. The van der Waals surface area contributed by atoms with Crippen molar-refractivity contribution in [2.75, 3.05) is 23.9 Å². The first kappa shape index (κ1) is 32.3. The number of halogens is 1. The van der Waals surface area contributed by atoms with Crippen LogP contribution in [-0.2, 0) is 32.6 Å². The van der Waals surface area contributed by atoms with Gasteiger partial charge in [-0.3, -0.25) is 13.9 Å². The first-order valence-corrected chi connectivity index (χ1v) is 17.3. The third-order valence-electron chi connectivity index (χ3n) is 8.32. The first-order chi connectivity index (χ1) is 21.7. The lowest BCUT2D eigenvalue weighted by molar-refractivity contribution is -0.141. The van der Waals surface area contributed by atoms with E-state index in [1.807, 2.05) is 30.3 Å². The molecule has 45 heavy (non-hydrogen) atoms. The van der Waals surface area contributed by atoms with Crippen molar-refractivity contribution in [2.24, 2.45) is 0 Å². The zero-order valence-electron chi connectivity index (χ0n) is 25.5. The molecule has 0 bridgehead atoms. The van der Waals surface area contributed by atoms with Crippen molar-refractivity contribution >= 4 is 27.5 Å². The highest BCUT2D eigenvalue weighted by Gasteiger charge is 2.32. The maximum absolute atomic E-state index is 14.9. The molecule has 1 aliphatic heterocycles. The van der Waals surface area contributed by atoms with Gasteiger partial charge in [-0.15, -0.1) is 0 Å². The molecule has 9 nitrogen and oxygen atoms in total. The quantitative estimate of drug-likeness (QED) is 0.277. The molecule has 1 saturated carbocycles. The van der Waals surface area contributed by atoms with E-state index >= 15 is 0 Å². The first-order valence-electron chi connectivity index (χ1n) is 15.4. The summed E-state index contributed by atoms with van der Waals surface area (Å²) in [5.41, 5.74) is 1.57. The van der Waals surface area contributed by atoms with Crippen LogP contribution >= 0.6 is 0 Å². The summed E-state index contributed by atoms with van der Waals surface area (Å²) in [6, 6.07) is 19.7. The minimum absolute atomic E-state index is 0.0232. The van der Waals surface area contributed by atoms with Crippen molar-refractivity contribution < 1.29 is 31.9 Å². The Hall–Kier alpha value is -4.12. The minimum Gasteiger partial charge on any atom is -0.454 e. The Morgan fingerprint density at radius 2 is 1.67 bits per heavy atom. The number of carbonyl (C=O) groups excluding carboxylic acids is 2. The lowest BCUT2D eigenvalue weighted by atomic mass is 9.94. The second-order valence-corrected chi connectivity index (χ2v) is 13.5. The van der Waals surface area contributed by atoms with Crippen LogP contribution in [-0.4, -0.2) is 56.8 Å². The Morgan fingerprint density at radius 3 is 2.40 bits per heavy atom. The molecule has 0 unspecified atom stereocenters. The number of nitrogens with zero attached hydrogens (tertiary/aromatic N) is 2. The summed E-state index contributed by atoms with van der Waals surface area (Å²) in [6.45, 7) is -0.0170. The molecule has 1 heterocycles. The number of carbonyl (C=O) groups is 2. The van der Waals surface area contributed by atoms with Gasteiger partial charge in [-0.25, -0.2) is 12.8 Å². The van der Waals surface area contributed by atoms with E-state index < -0.39 is 21.9 Å². The average molecular weight is 638 g/mol. The number of amides is 2. The zero-order chi connectivity index (χ0) is 31.8. The van der Waals surface area contributed by atoms with Gasteiger partial charge in [0.1, 0.15) is 11.9 Å². The van der Waals surface area contributed by atoms with E-state index in [0.29, 0.717) is 22.7 Å². The molecular formula is C34H40FN3O6S. The van der Waals surface area contributed by atoms with E-state index in [9.17, 15) is 22.4 Å². The van der Waals surface area contributed by atoms with Crippen molar-refractivity contribution in [2.45, 2.75) is 70.0 Å². The van der Waals surface area contributed by atoms with Gasteiger partial charge in [0.25, 0.3) is 0 Å². The molecule has 1 atom stereocenters. The highest BCUT2D eigenvalue weighted by atomic mass is 32.2. The normalized spacial score (nSPS) is 15.3. The average Bonchev–Trinajstić information content (AvgIpc) is 3.50. The molecule has 1 aliphatic carbocycles. The monoisotopic (exact) mass is 637 g/mol. The smallest absolute Gasteiger partial charge is 0.243 e. The second-order valence-electron chi connectivity index (χ2n) is 11.6. The van der Waals surface area contributed by atoms with Crippen LogP contribution in [0.4, 0.5) is 10.1 Å². The number of hydrogen-bond acceptors (Lipinski definition) is 6. The summed E-state index contributed by atoms with van der Waals surface area (Å²) in [5.74, 6) is -0.124. The zero-order valence-corrected chi connectivity index (χ0v) is 26.3. The molecule has 2 amide bonds. The number of hydrogen-bond donors (Lipinski definition) is 1. The van der Waals surface area contributed by atoms with Gasteiger partial charge in [0.15, 0.2) is 11.5 Å². The maximum Gasteiger partial charge on any atom is 0.243 e. The van der Waals surface area contributed by atoms with E-state index in [-0.39, 0.29) is 57.0 Å². The predicted molar refractivity (Wildman–Crippen MR) is 170 cm³/mol. The third-order valence-corrected chi connectivity index (χ3v) is 9.51. The van der Waals surface area contributed by atoms with E-state index in [4.69, 9.17) is 9.47 Å². The molecule has 0 spiro atoms. The van der Waals surface area contributed by atoms with Crippen molar-refractivity contribution in [1.82, 2.24) is 10.2 Å². The molecule has 0 radical (unpaired) electrons. The molecule has 1 N–H and O–H groups in total. The van der Waals surface area contributed by atoms with Crippen LogP contribution in [0.15, 0.2) is 72.8 Å². The van der Waals surface area contributed by atoms with Crippen molar-refractivity contribution in [3.63, 3.8) is 0 Å². The lowest BCUT2D eigenvalue weighted by Gasteiger charge is -2.34. The number of ether oxygens (including phenoxy) is 2. The van der Waals surface area contributed by atoms with Gasteiger partial charge < -0.3 is 19.7 Å². The number of sulfonamides is 1. The Balaban J connectivity index is 1.38. The van der Waals surface area contributed by atoms with Gasteiger partial charge in [0.2, 0.25) is 28.6 Å². The van der Waals surface area contributed by atoms with Gasteiger partial charge in [-0.05, 0) is 43.0 Å². The molecule has 0 aromatic heterocycles. The number of fused-ring (bicyclic) bond motifs is 1. The molecule has 5 rings (SSSR count). The number of anilines is 1. The van der Waals surface area contributed by atoms with Crippen LogP contribution in [0.5, 0.6) is 11.5 Å². The van der Waals surface area contributed by atoms with Crippen LogP contribution in [0.25, 0.3) is 0 Å². The summed E-state index contributed by atoms with van der Waals surface area (Å²) in [4.78, 5) is 29.4. The largest absolute Gasteiger partial charge is 0.454 e. The molecule has 240 valence electrons.